The minimum atomic E-state index is -3.69. The van der Waals surface area contributed by atoms with Crippen LogP contribution in [0.1, 0.15) is 23.8 Å². The zero-order valence-electron chi connectivity index (χ0n) is 13.6. The van der Waals surface area contributed by atoms with Gasteiger partial charge >= 0.3 is 0 Å². The average molecular weight is 354 g/mol. The van der Waals surface area contributed by atoms with E-state index in [1.165, 1.54) is 3.97 Å². The number of fused-ring (bicyclic) bond motifs is 6. The lowest BCUT2D eigenvalue weighted by molar-refractivity contribution is -0.143. The first kappa shape index (κ1) is 15.1. The van der Waals surface area contributed by atoms with Gasteiger partial charge in [-0.2, -0.15) is 5.06 Å². The molecule has 0 N–H and O–H groups in total. The molecule has 1 saturated heterocycles. The first-order valence-corrected chi connectivity index (χ1v) is 9.95. The van der Waals surface area contributed by atoms with Gasteiger partial charge in [-0.3, -0.25) is 4.84 Å². The molecule has 5 rings (SSSR count). The average Bonchev–Trinajstić information content (AvgIpc) is 3.17. The quantitative estimate of drug-likeness (QED) is 0.710. The van der Waals surface area contributed by atoms with Crippen molar-refractivity contribution in [2.24, 2.45) is 0 Å². The van der Waals surface area contributed by atoms with Crippen LogP contribution in [-0.2, 0) is 21.3 Å². The number of nitrogens with zero attached hydrogens (tertiary/aromatic N) is 2. The topological polar surface area (TPSA) is 51.5 Å². The minimum absolute atomic E-state index is 0.205. The minimum Gasteiger partial charge on any atom is -0.289 e. The molecule has 0 radical (unpaired) electrons. The lowest BCUT2D eigenvalue weighted by atomic mass is 10.0. The van der Waals surface area contributed by atoms with Crippen LogP contribution in [-0.4, -0.2) is 30.5 Å². The summed E-state index contributed by atoms with van der Waals surface area (Å²) < 4.78 is 28.4. The summed E-state index contributed by atoms with van der Waals surface area (Å²) in [6.07, 6.45) is 1.40. The van der Waals surface area contributed by atoms with Crippen LogP contribution in [0.5, 0.6) is 0 Å². The predicted molar refractivity (Wildman–Crippen MR) is 94.7 cm³/mol. The van der Waals surface area contributed by atoms with Crippen LogP contribution in [0.4, 0.5) is 0 Å². The van der Waals surface area contributed by atoms with Crippen molar-refractivity contribution in [1.29, 1.82) is 0 Å². The SMILES string of the molecule is O=S(=O)(c1ccccc1)n1c2c(c3ccccc31)CCN1CCC2O1. The lowest BCUT2D eigenvalue weighted by Gasteiger charge is -2.16. The molecule has 2 aromatic carbocycles. The maximum absolute atomic E-state index is 13.5. The smallest absolute Gasteiger partial charge is 0.268 e. The molecule has 0 spiro atoms. The van der Waals surface area contributed by atoms with Crippen molar-refractivity contribution in [3.8, 4) is 0 Å². The summed E-state index contributed by atoms with van der Waals surface area (Å²) in [5.41, 5.74) is 2.63. The number of aromatic nitrogens is 1. The van der Waals surface area contributed by atoms with Crippen LogP contribution in [0.15, 0.2) is 59.5 Å². The van der Waals surface area contributed by atoms with E-state index in [2.05, 4.69) is 0 Å². The molecule has 5 nitrogen and oxygen atoms in total. The van der Waals surface area contributed by atoms with Crippen molar-refractivity contribution in [3.05, 3.63) is 65.9 Å². The van der Waals surface area contributed by atoms with E-state index in [9.17, 15) is 8.42 Å². The number of rotatable bonds is 2. The van der Waals surface area contributed by atoms with Gasteiger partial charge in [-0.15, -0.1) is 0 Å². The molecule has 0 saturated carbocycles. The second-order valence-electron chi connectivity index (χ2n) is 6.53. The van der Waals surface area contributed by atoms with Crippen LogP contribution in [0.2, 0.25) is 0 Å². The lowest BCUT2D eigenvalue weighted by Crippen LogP contribution is -2.19. The largest absolute Gasteiger partial charge is 0.289 e. The third kappa shape index (κ3) is 2.18. The molecule has 2 bridgehead atoms. The highest BCUT2D eigenvalue weighted by atomic mass is 32.2. The van der Waals surface area contributed by atoms with E-state index < -0.39 is 10.0 Å². The molecule has 3 aromatic rings. The third-order valence-corrected chi connectivity index (χ3v) is 6.83. The first-order chi connectivity index (χ1) is 12.2. The molecule has 0 aliphatic carbocycles. The number of hydrogen-bond donors (Lipinski definition) is 0. The van der Waals surface area contributed by atoms with Gasteiger partial charge in [0.05, 0.1) is 16.1 Å². The standard InChI is InChI=1S/C19H18N2O3S/c22-25(23,14-6-2-1-3-7-14)21-17-9-5-4-8-15(17)16-10-12-20-13-11-18(24-20)19(16)21/h1-9,18H,10-13H2. The van der Waals surface area contributed by atoms with Crippen LogP contribution in [0.25, 0.3) is 10.9 Å². The van der Waals surface area contributed by atoms with Gasteiger partial charge in [0, 0.05) is 18.5 Å². The van der Waals surface area contributed by atoms with E-state index in [1.54, 1.807) is 24.3 Å². The van der Waals surface area contributed by atoms with E-state index in [0.717, 1.165) is 48.1 Å². The number of hydrogen-bond acceptors (Lipinski definition) is 4. The molecule has 25 heavy (non-hydrogen) atoms. The Balaban J connectivity index is 1.86. The highest BCUT2D eigenvalue weighted by Crippen LogP contribution is 2.41. The normalized spacial score (nSPS) is 22.7. The van der Waals surface area contributed by atoms with E-state index in [1.807, 2.05) is 35.4 Å². The van der Waals surface area contributed by atoms with Gasteiger partial charge in [0.2, 0.25) is 0 Å². The van der Waals surface area contributed by atoms with Gasteiger partial charge in [0.15, 0.2) is 0 Å². The van der Waals surface area contributed by atoms with Crippen molar-refractivity contribution in [2.45, 2.75) is 23.8 Å². The third-order valence-electron chi connectivity index (χ3n) is 5.09. The summed E-state index contributed by atoms with van der Waals surface area (Å²) in [6, 6.07) is 16.4. The monoisotopic (exact) mass is 354 g/mol. The Hall–Kier alpha value is -2.15. The van der Waals surface area contributed by atoms with E-state index >= 15 is 0 Å². The number of para-hydroxylation sites is 1. The Morgan fingerprint density at radius 2 is 1.72 bits per heavy atom. The van der Waals surface area contributed by atoms with Gasteiger partial charge in [0.1, 0.15) is 6.10 Å². The molecule has 1 aromatic heterocycles. The van der Waals surface area contributed by atoms with E-state index in [4.69, 9.17) is 4.84 Å². The molecular weight excluding hydrogens is 336 g/mol. The highest BCUT2D eigenvalue weighted by Gasteiger charge is 2.37. The van der Waals surface area contributed by atoms with Gasteiger partial charge in [-0.05, 0) is 36.6 Å². The Morgan fingerprint density at radius 1 is 0.960 bits per heavy atom. The van der Waals surface area contributed by atoms with Crippen molar-refractivity contribution < 1.29 is 13.3 Å². The van der Waals surface area contributed by atoms with Crippen LogP contribution >= 0.6 is 0 Å². The van der Waals surface area contributed by atoms with Crippen molar-refractivity contribution >= 4 is 20.9 Å². The van der Waals surface area contributed by atoms with Gasteiger partial charge in [-0.25, -0.2) is 12.4 Å². The summed E-state index contributed by atoms with van der Waals surface area (Å²) in [5, 5.41) is 2.97. The van der Waals surface area contributed by atoms with Crippen LogP contribution in [0, 0.1) is 0 Å². The molecule has 0 amide bonds. The molecule has 6 heteroatoms. The summed E-state index contributed by atoms with van der Waals surface area (Å²) in [6.45, 7) is 1.64. The molecule has 2 aliphatic heterocycles. The Bertz CT molecular complexity index is 1060. The van der Waals surface area contributed by atoms with Gasteiger partial charge in [-0.1, -0.05) is 36.4 Å². The maximum atomic E-state index is 13.5. The summed E-state index contributed by atoms with van der Waals surface area (Å²) in [5.74, 6) is 0. The van der Waals surface area contributed by atoms with E-state index in [0.29, 0.717) is 4.90 Å². The maximum Gasteiger partial charge on any atom is 0.268 e. The Kier molecular flexibility index (Phi) is 3.28. The summed E-state index contributed by atoms with van der Waals surface area (Å²) >= 11 is 0. The van der Waals surface area contributed by atoms with Crippen molar-refractivity contribution in [3.63, 3.8) is 0 Å². The van der Waals surface area contributed by atoms with Crippen molar-refractivity contribution in [2.75, 3.05) is 13.1 Å². The molecule has 2 atom stereocenters. The number of benzene rings is 2. The Labute approximate surface area is 146 Å². The number of hydroxylamine groups is 2. The predicted octanol–water partition coefficient (Wildman–Crippen LogP) is 3.11. The van der Waals surface area contributed by atoms with Gasteiger partial charge < -0.3 is 0 Å². The zero-order chi connectivity index (χ0) is 17.0. The fourth-order valence-corrected chi connectivity index (χ4v) is 5.59. The van der Waals surface area contributed by atoms with E-state index in [-0.39, 0.29) is 6.10 Å². The molecular formula is C19H18N2O3S. The summed E-state index contributed by atoms with van der Waals surface area (Å²) in [4.78, 5) is 6.30. The van der Waals surface area contributed by atoms with Crippen molar-refractivity contribution in [1.82, 2.24) is 9.04 Å². The molecule has 2 aliphatic rings. The fraction of sp³-hybridized carbons (Fsp3) is 0.263. The Morgan fingerprint density at radius 3 is 2.56 bits per heavy atom. The molecule has 2 unspecified atom stereocenters. The molecule has 3 heterocycles. The second kappa shape index (κ2) is 5.42. The fourth-order valence-electron chi connectivity index (χ4n) is 3.98. The molecule has 128 valence electrons. The van der Waals surface area contributed by atoms with Gasteiger partial charge in [0.25, 0.3) is 10.0 Å². The highest BCUT2D eigenvalue weighted by molar-refractivity contribution is 7.90. The van der Waals surface area contributed by atoms with Crippen LogP contribution in [0.3, 0.4) is 0 Å². The second-order valence-corrected chi connectivity index (χ2v) is 8.31. The summed E-state index contributed by atoms with van der Waals surface area (Å²) in [7, 11) is -3.69. The molecule has 1 fully saturated rings. The first-order valence-electron chi connectivity index (χ1n) is 8.51. The zero-order valence-corrected chi connectivity index (χ0v) is 14.4. The van der Waals surface area contributed by atoms with Crippen LogP contribution < -0.4 is 0 Å².